The average Bonchev–Trinajstić information content (AvgIpc) is 2.54. The zero-order valence-electron chi connectivity index (χ0n) is 12.1. The molecule has 0 fully saturated rings. The van der Waals surface area contributed by atoms with E-state index >= 15 is 0 Å². The Balaban J connectivity index is 3.05. The van der Waals surface area contributed by atoms with Gasteiger partial charge in [0.2, 0.25) is 0 Å². The van der Waals surface area contributed by atoms with Gasteiger partial charge in [0.15, 0.2) is 0 Å². The molecule has 0 aromatic carbocycles. The summed E-state index contributed by atoms with van der Waals surface area (Å²) in [6, 6.07) is 0. The lowest BCUT2D eigenvalue weighted by Gasteiger charge is -2.38. The van der Waals surface area contributed by atoms with E-state index in [4.69, 9.17) is 4.65 Å². The molecule has 1 aromatic heterocycles. The molecule has 0 aliphatic rings. The Morgan fingerprint density at radius 3 is 1.95 bits per heavy atom. The molecule has 1 heterocycles. The number of thiophene rings is 1. The number of rotatable bonds is 5. The fraction of sp³-hybridized carbons (Fsp3) is 0.636. The molecule has 1 aromatic rings. The Bertz CT molecular complexity index is 484. The van der Waals surface area contributed by atoms with Crippen molar-refractivity contribution >= 4 is 51.1 Å². The van der Waals surface area contributed by atoms with E-state index in [1.807, 2.05) is 0 Å². The number of aliphatic hydroxyl groups is 1. The predicted molar refractivity (Wildman–Crippen MR) is 85.7 cm³/mol. The fourth-order valence-corrected chi connectivity index (χ4v) is 3.19. The lowest BCUT2D eigenvalue weighted by Crippen LogP contribution is -2.52. The van der Waals surface area contributed by atoms with Gasteiger partial charge in [-0.1, -0.05) is 15.9 Å². The molecular formula is C11H19B2BrO5S. The molecular weight excluding hydrogens is 346 g/mol. The molecule has 1 rings (SSSR count). The summed E-state index contributed by atoms with van der Waals surface area (Å²) in [7, 11) is -2.87. The van der Waals surface area contributed by atoms with Crippen molar-refractivity contribution in [2.45, 2.75) is 45.8 Å². The summed E-state index contributed by atoms with van der Waals surface area (Å²) in [6.45, 7) is 8.25. The molecule has 9 heteroatoms. The molecule has 20 heavy (non-hydrogen) atoms. The molecule has 0 atom stereocenters. The van der Waals surface area contributed by atoms with Gasteiger partial charge in [-0.2, -0.15) is 11.3 Å². The van der Waals surface area contributed by atoms with E-state index in [-0.39, 0.29) is 0 Å². The highest BCUT2D eigenvalue weighted by Gasteiger charge is 2.41. The molecule has 0 saturated carbocycles. The standard InChI is InChI=1S/C11H19B2BrO5S/c1-6-7(14)9(20-8(6)12(16)17)13(18)19-11(4,5)10(2,3)15/h15-18H,1-5H3. The maximum Gasteiger partial charge on any atom is 0.503 e. The van der Waals surface area contributed by atoms with Gasteiger partial charge in [0.25, 0.3) is 0 Å². The van der Waals surface area contributed by atoms with Crippen LogP contribution in [0.2, 0.25) is 0 Å². The van der Waals surface area contributed by atoms with Gasteiger partial charge in [0, 0.05) is 14.0 Å². The highest BCUT2D eigenvalue weighted by atomic mass is 79.9. The van der Waals surface area contributed by atoms with Gasteiger partial charge in [-0.05, 0) is 40.2 Å². The topological polar surface area (TPSA) is 90.2 Å². The van der Waals surface area contributed by atoms with E-state index in [1.54, 1.807) is 34.6 Å². The molecule has 0 unspecified atom stereocenters. The zero-order chi connectivity index (χ0) is 15.9. The Hall–Kier alpha value is 0.110. The van der Waals surface area contributed by atoms with Crippen LogP contribution in [0.15, 0.2) is 4.47 Å². The van der Waals surface area contributed by atoms with E-state index in [0.717, 1.165) is 11.3 Å². The number of halogens is 1. The molecule has 112 valence electrons. The summed E-state index contributed by atoms with van der Waals surface area (Å²) in [5, 5.41) is 38.8. The Kier molecular flexibility index (Phi) is 5.52. The van der Waals surface area contributed by atoms with Crippen molar-refractivity contribution in [1.29, 1.82) is 0 Å². The van der Waals surface area contributed by atoms with Crippen molar-refractivity contribution in [3.05, 3.63) is 10.0 Å². The summed E-state index contributed by atoms with van der Waals surface area (Å²) >= 11 is 4.36. The third-order valence-electron chi connectivity index (χ3n) is 3.47. The summed E-state index contributed by atoms with van der Waals surface area (Å²) in [4.78, 5) is 0. The van der Waals surface area contributed by atoms with Gasteiger partial charge in [-0.25, -0.2) is 0 Å². The lowest BCUT2D eigenvalue weighted by atomic mass is 9.81. The van der Waals surface area contributed by atoms with Crippen molar-refractivity contribution < 1.29 is 24.8 Å². The quantitative estimate of drug-likeness (QED) is 0.541. The van der Waals surface area contributed by atoms with Crippen LogP contribution in [0.4, 0.5) is 0 Å². The third-order valence-corrected chi connectivity index (χ3v) is 6.12. The summed E-state index contributed by atoms with van der Waals surface area (Å²) < 4.78 is 6.89. The average molecular weight is 365 g/mol. The van der Waals surface area contributed by atoms with Gasteiger partial charge < -0.3 is 24.8 Å². The first-order valence-corrected chi connectivity index (χ1v) is 7.72. The van der Waals surface area contributed by atoms with E-state index < -0.39 is 25.4 Å². The molecule has 0 saturated heterocycles. The lowest BCUT2D eigenvalue weighted by molar-refractivity contribution is -0.0982. The Morgan fingerprint density at radius 2 is 1.60 bits per heavy atom. The van der Waals surface area contributed by atoms with Crippen LogP contribution in [0, 0.1) is 6.92 Å². The van der Waals surface area contributed by atoms with Crippen LogP contribution >= 0.6 is 27.3 Å². The van der Waals surface area contributed by atoms with Crippen molar-refractivity contribution in [1.82, 2.24) is 0 Å². The fourth-order valence-electron chi connectivity index (χ4n) is 1.41. The van der Waals surface area contributed by atoms with Crippen LogP contribution in [0.5, 0.6) is 0 Å². The second-order valence-electron chi connectivity index (χ2n) is 5.68. The van der Waals surface area contributed by atoms with Crippen LogP contribution in [-0.2, 0) is 4.65 Å². The predicted octanol–water partition coefficient (Wildman–Crippen LogP) is -0.248. The molecule has 0 amide bonds. The third kappa shape index (κ3) is 3.65. The van der Waals surface area contributed by atoms with Crippen molar-refractivity contribution in [2.24, 2.45) is 0 Å². The number of hydrogen-bond donors (Lipinski definition) is 4. The van der Waals surface area contributed by atoms with Gasteiger partial charge in [0.05, 0.1) is 11.2 Å². The van der Waals surface area contributed by atoms with E-state index in [0.29, 0.717) is 19.6 Å². The largest absolute Gasteiger partial charge is 0.503 e. The molecule has 0 aliphatic heterocycles. The summed E-state index contributed by atoms with van der Waals surface area (Å²) in [5.74, 6) is 0. The van der Waals surface area contributed by atoms with Crippen molar-refractivity contribution in [3.8, 4) is 0 Å². The normalized spacial score (nSPS) is 12.7. The second kappa shape index (κ2) is 6.08. The smallest absolute Gasteiger partial charge is 0.423 e. The minimum absolute atomic E-state index is 0.343. The van der Waals surface area contributed by atoms with E-state index in [2.05, 4.69) is 15.9 Å². The van der Waals surface area contributed by atoms with Crippen LogP contribution in [0.1, 0.15) is 33.3 Å². The van der Waals surface area contributed by atoms with Gasteiger partial charge >= 0.3 is 14.2 Å². The Labute approximate surface area is 132 Å². The van der Waals surface area contributed by atoms with E-state index in [9.17, 15) is 20.2 Å². The molecule has 4 N–H and O–H groups in total. The number of hydrogen-bond acceptors (Lipinski definition) is 6. The minimum Gasteiger partial charge on any atom is -0.423 e. The Morgan fingerprint density at radius 1 is 1.10 bits per heavy atom. The minimum atomic E-state index is -1.60. The van der Waals surface area contributed by atoms with E-state index in [1.165, 1.54) is 0 Å². The molecule has 0 aliphatic carbocycles. The van der Waals surface area contributed by atoms with Gasteiger partial charge in [-0.15, -0.1) is 0 Å². The van der Waals surface area contributed by atoms with Crippen LogP contribution in [0.25, 0.3) is 0 Å². The highest BCUT2D eigenvalue weighted by molar-refractivity contribution is 9.10. The maximum atomic E-state index is 10.2. The first-order chi connectivity index (χ1) is 8.88. The molecule has 5 nitrogen and oxygen atoms in total. The maximum absolute atomic E-state index is 10.2. The zero-order valence-corrected chi connectivity index (χ0v) is 14.5. The van der Waals surface area contributed by atoms with Crippen LogP contribution in [-0.4, -0.2) is 45.6 Å². The SMILES string of the molecule is Cc1c(B(O)O)sc(B(O)OC(C)(C)C(C)(C)O)c1Br. The van der Waals surface area contributed by atoms with Gasteiger partial charge in [-0.3, -0.25) is 0 Å². The highest BCUT2D eigenvalue weighted by Crippen LogP contribution is 2.26. The first-order valence-electron chi connectivity index (χ1n) is 6.11. The molecule has 0 bridgehead atoms. The molecule has 0 spiro atoms. The summed E-state index contributed by atoms with van der Waals surface area (Å²) in [6.07, 6.45) is 0. The van der Waals surface area contributed by atoms with Crippen LogP contribution < -0.4 is 9.55 Å². The van der Waals surface area contributed by atoms with Crippen molar-refractivity contribution in [2.75, 3.05) is 0 Å². The second-order valence-corrected chi connectivity index (χ2v) is 7.56. The van der Waals surface area contributed by atoms with Crippen molar-refractivity contribution in [3.63, 3.8) is 0 Å². The monoisotopic (exact) mass is 364 g/mol. The molecule has 0 radical (unpaired) electrons. The summed E-state index contributed by atoms with van der Waals surface area (Å²) in [5.41, 5.74) is -1.49. The first kappa shape index (κ1) is 18.2. The van der Waals surface area contributed by atoms with Gasteiger partial charge in [0.1, 0.15) is 0 Å². The van der Waals surface area contributed by atoms with Crippen LogP contribution in [0.3, 0.4) is 0 Å².